The van der Waals surface area contributed by atoms with Crippen molar-refractivity contribution in [3.63, 3.8) is 0 Å². The maximum absolute atomic E-state index is 12.6. The quantitative estimate of drug-likeness (QED) is 0.920. The predicted molar refractivity (Wildman–Crippen MR) is 93.4 cm³/mol. The average molecular weight is 333 g/mol. The Morgan fingerprint density at radius 2 is 2.00 bits per heavy atom. The molecule has 1 aliphatic heterocycles. The molecule has 1 fully saturated rings. The molecule has 24 heavy (non-hydrogen) atoms. The van der Waals surface area contributed by atoms with Gasteiger partial charge in [-0.15, -0.1) is 0 Å². The van der Waals surface area contributed by atoms with Gasteiger partial charge in [0.25, 0.3) is 0 Å². The van der Waals surface area contributed by atoms with Crippen LogP contribution < -0.4 is 0 Å². The van der Waals surface area contributed by atoms with E-state index in [-0.39, 0.29) is 6.61 Å². The number of amides is 1. The van der Waals surface area contributed by atoms with E-state index in [4.69, 9.17) is 9.47 Å². The van der Waals surface area contributed by atoms with Crippen molar-refractivity contribution in [1.29, 1.82) is 0 Å². The second-order valence-corrected chi connectivity index (χ2v) is 7.44. The van der Waals surface area contributed by atoms with Crippen LogP contribution in [0.4, 0.5) is 4.79 Å². The minimum atomic E-state index is -0.848. The first-order valence-electron chi connectivity index (χ1n) is 8.18. The molecule has 0 bridgehead atoms. The van der Waals surface area contributed by atoms with E-state index in [9.17, 15) is 9.90 Å². The Hall–Kier alpha value is -1.85. The van der Waals surface area contributed by atoms with Gasteiger partial charge in [0.2, 0.25) is 0 Å². The van der Waals surface area contributed by atoms with Crippen molar-refractivity contribution in [2.45, 2.75) is 58.1 Å². The number of carbonyl (C=O) groups excluding carboxylic acids is 1. The number of hydrogen-bond acceptors (Lipinski definition) is 4. The van der Waals surface area contributed by atoms with Crippen LogP contribution in [-0.4, -0.2) is 46.2 Å². The number of rotatable bonds is 3. The number of nitrogens with zero attached hydrogens (tertiary/aromatic N) is 1. The summed E-state index contributed by atoms with van der Waals surface area (Å²) in [6.07, 6.45) is 2.19. The molecule has 1 saturated heterocycles. The van der Waals surface area contributed by atoms with Gasteiger partial charge in [0.1, 0.15) is 11.3 Å². The normalized spacial score (nSPS) is 21.9. The minimum Gasteiger partial charge on any atom is -0.444 e. The molecule has 5 nitrogen and oxygen atoms in total. The molecule has 0 radical (unpaired) electrons. The summed E-state index contributed by atoms with van der Waals surface area (Å²) < 4.78 is 11.2. The zero-order chi connectivity index (χ0) is 18.0. The van der Waals surface area contributed by atoms with Gasteiger partial charge in [-0.05, 0) is 40.2 Å². The molecule has 0 aliphatic carbocycles. The van der Waals surface area contributed by atoms with Crippen molar-refractivity contribution in [2.75, 3.05) is 6.61 Å². The Bertz CT molecular complexity index is 589. The van der Waals surface area contributed by atoms with E-state index in [1.54, 1.807) is 19.9 Å². The van der Waals surface area contributed by atoms with Crippen LogP contribution in [0.1, 0.15) is 40.2 Å². The molecule has 132 valence electrons. The number of aliphatic hydroxyl groups is 1. The molecule has 2 atom stereocenters. The second kappa shape index (κ2) is 6.95. The zero-order valence-corrected chi connectivity index (χ0v) is 15.0. The average Bonchev–Trinajstić information content (AvgIpc) is 2.79. The summed E-state index contributed by atoms with van der Waals surface area (Å²) in [6, 6.07) is 9.20. The van der Waals surface area contributed by atoms with E-state index in [1.165, 1.54) is 4.90 Å². The van der Waals surface area contributed by atoms with Crippen molar-refractivity contribution in [2.24, 2.45) is 0 Å². The molecule has 5 heteroatoms. The lowest BCUT2D eigenvalue weighted by atomic mass is 10.1. The summed E-state index contributed by atoms with van der Waals surface area (Å²) in [4.78, 5) is 14.0. The minimum absolute atomic E-state index is 0.256. The fourth-order valence-electron chi connectivity index (χ4n) is 2.65. The van der Waals surface area contributed by atoms with Gasteiger partial charge in [0, 0.05) is 0 Å². The molecule has 1 heterocycles. The third-order valence-electron chi connectivity index (χ3n) is 3.79. The van der Waals surface area contributed by atoms with E-state index >= 15 is 0 Å². The molecule has 1 aliphatic rings. The van der Waals surface area contributed by atoms with Gasteiger partial charge in [0.15, 0.2) is 0 Å². The van der Waals surface area contributed by atoms with Crippen molar-refractivity contribution in [1.82, 2.24) is 4.90 Å². The molecule has 1 unspecified atom stereocenters. The lowest BCUT2D eigenvalue weighted by Crippen LogP contribution is -2.53. The van der Waals surface area contributed by atoms with Gasteiger partial charge in [-0.2, -0.15) is 0 Å². The summed E-state index contributed by atoms with van der Waals surface area (Å²) >= 11 is 0. The summed E-state index contributed by atoms with van der Waals surface area (Å²) in [5, 5.41) is 10.5. The molecule has 1 N–H and O–H groups in total. The van der Waals surface area contributed by atoms with Crippen LogP contribution >= 0.6 is 0 Å². The number of aliphatic hydroxyl groups excluding tert-OH is 1. The Labute approximate surface area is 143 Å². The number of carbonyl (C=O) groups is 1. The maximum Gasteiger partial charge on any atom is 0.413 e. The highest BCUT2D eigenvalue weighted by molar-refractivity contribution is 5.70. The highest BCUT2D eigenvalue weighted by Gasteiger charge is 2.47. The van der Waals surface area contributed by atoms with Crippen molar-refractivity contribution >= 4 is 12.2 Å². The Kier molecular flexibility index (Phi) is 5.35. The lowest BCUT2D eigenvalue weighted by molar-refractivity contribution is -0.0660. The summed E-state index contributed by atoms with van der Waals surface area (Å²) in [5.41, 5.74) is -0.446. The van der Waals surface area contributed by atoms with E-state index in [1.807, 2.05) is 57.2 Å². The third kappa shape index (κ3) is 4.58. The van der Waals surface area contributed by atoms with Crippen LogP contribution in [0.15, 0.2) is 36.4 Å². The van der Waals surface area contributed by atoms with Gasteiger partial charge in [0.05, 0.1) is 18.8 Å². The standard InChI is InChI=1S/C19H27NO4/c1-18(2,3)24-17(22)20-15(13-23-19(20,4)5)16(21)12-11-14-9-7-6-8-10-14/h6-12,15-16,21H,13H2,1-5H3/b12-11+/t15?,16-/m0/s1. The summed E-state index contributed by atoms with van der Waals surface area (Å²) in [6.45, 7) is 9.29. The monoisotopic (exact) mass is 333 g/mol. The fraction of sp³-hybridized carbons (Fsp3) is 0.526. The topological polar surface area (TPSA) is 59.0 Å². The van der Waals surface area contributed by atoms with Crippen molar-refractivity contribution in [3.05, 3.63) is 42.0 Å². The molecular formula is C19H27NO4. The zero-order valence-electron chi connectivity index (χ0n) is 15.0. The number of ether oxygens (including phenoxy) is 2. The molecular weight excluding hydrogens is 306 g/mol. The third-order valence-corrected chi connectivity index (χ3v) is 3.79. The molecule has 1 aromatic carbocycles. The van der Waals surface area contributed by atoms with E-state index < -0.39 is 29.6 Å². The summed E-state index contributed by atoms with van der Waals surface area (Å²) in [7, 11) is 0. The van der Waals surface area contributed by atoms with Crippen LogP contribution in [0.5, 0.6) is 0 Å². The second-order valence-electron chi connectivity index (χ2n) is 7.44. The predicted octanol–water partition coefficient (Wildman–Crippen LogP) is 3.43. The van der Waals surface area contributed by atoms with Crippen LogP contribution in [-0.2, 0) is 9.47 Å². The fourth-order valence-corrected chi connectivity index (χ4v) is 2.65. The first kappa shape index (κ1) is 18.5. The van der Waals surface area contributed by atoms with Crippen molar-refractivity contribution < 1.29 is 19.4 Å². The van der Waals surface area contributed by atoms with Crippen LogP contribution in [0, 0.1) is 0 Å². The molecule has 1 aromatic rings. The maximum atomic E-state index is 12.6. The summed E-state index contributed by atoms with van der Waals surface area (Å²) in [5.74, 6) is 0. The van der Waals surface area contributed by atoms with E-state index in [2.05, 4.69) is 0 Å². The Morgan fingerprint density at radius 1 is 1.38 bits per heavy atom. The number of hydrogen-bond donors (Lipinski definition) is 1. The van der Waals surface area contributed by atoms with Gasteiger partial charge < -0.3 is 14.6 Å². The van der Waals surface area contributed by atoms with Gasteiger partial charge in [-0.25, -0.2) is 4.79 Å². The highest BCUT2D eigenvalue weighted by atomic mass is 16.6. The molecule has 2 rings (SSSR count). The van der Waals surface area contributed by atoms with Crippen LogP contribution in [0.3, 0.4) is 0 Å². The lowest BCUT2D eigenvalue weighted by Gasteiger charge is -2.36. The first-order valence-corrected chi connectivity index (χ1v) is 8.18. The first-order chi connectivity index (χ1) is 11.1. The Balaban J connectivity index is 2.15. The van der Waals surface area contributed by atoms with E-state index in [0.717, 1.165) is 5.56 Å². The molecule has 0 aromatic heterocycles. The molecule has 0 saturated carbocycles. The van der Waals surface area contributed by atoms with Crippen LogP contribution in [0.2, 0.25) is 0 Å². The highest BCUT2D eigenvalue weighted by Crippen LogP contribution is 2.31. The molecule has 1 amide bonds. The smallest absolute Gasteiger partial charge is 0.413 e. The SMILES string of the molecule is CC(C)(C)OC(=O)N1C([C@@H](O)/C=C/c2ccccc2)COC1(C)C. The Morgan fingerprint density at radius 3 is 2.58 bits per heavy atom. The van der Waals surface area contributed by atoms with Gasteiger partial charge >= 0.3 is 6.09 Å². The van der Waals surface area contributed by atoms with Crippen LogP contribution in [0.25, 0.3) is 6.08 Å². The largest absolute Gasteiger partial charge is 0.444 e. The number of benzene rings is 1. The molecule has 0 spiro atoms. The van der Waals surface area contributed by atoms with Gasteiger partial charge in [-0.1, -0.05) is 42.5 Å². The van der Waals surface area contributed by atoms with Crippen molar-refractivity contribution in [3.8, 4) is 0 Å². The van der Waals surface area contributed by atoms with E-state index in [0.29, 0.717) is 0 Å². The van der Waals surface area contributed by atoms with Gasteiger partial charge in [-0.3, -0.25) is 4.90 Å².